The Kier molecular flexibility index (Phi) is 8.51. The average Bonchev–Trinajstić information content (AvgIpc) is 2.37. The molecule has 1 rings (SSSR count). The Morgan fingerprint density at radius 2 is 1.80 bits per heavy atom. The molecule has 1 amide bonds. The van der Waals surface area contributed by atoms with Gasteiger partial charge in [0, 0.05) is 18.4 Å². The number of aryl methyl sites for hydroxylation is 1. The lowest BCUT2D eigenvalue weighted by Crippen LogP contribution is -2.36. The monoisotopic (exact) mass is 298 g/mol. The summed E-state index contributed by atoms with van der Waals surface area (Å²) < 4.78 is 0. The number of amides is 1. The predicted octanol–water partition coefficient (Wildman–Crippen LogP) is 2.81. The Bertz CT molecular complexity index is 401. The first kappa shape index (κ1) is 18.9. The van der Waals surface area contributed by atoms with E-state index < -0.39 is 0 Å². The molecule has 0 aromatic heterocycles. The van der Waals surface area contributed by atoms with E-state index in [0.717, 1.165) is 13.0 Å². The Hall–Kier alpha value is -1.06. The molecule has 20 heavy (non-hydrogen) atoms. The number of rotatable bonds is 7. The highest BCUT2D eigenvalue weighted by atomic mass is 35.5. The van der Waals surface area contributed by atoms with Gasteiger partial charge in [0.1, 0.15) is 0 Å². The van der Waals surface area contributed by atoms with E-state index in [4.69, 9.17) is 0 Å². The molecule has 1 aromatic carbocycles. The van der Waals surface area contributed by atoms with Crippen LogP contribution in [0.5, 0.6) is 0 Å². The van der Waals surface area contributed by atoms with Crippen LogP contribution in [-0.2, 0) is 10.2 Å². The molecule has 0 fully saturated rings. The van der Waals surface area contributed by atoms with Gasteiger partial charge in [0.25, 0.3) is 0 Å². The van der Waals surface area contributed by atoms with E-state index in [-0.39, 0.29) is 23.7 Å². The summed E-state index contributed by atoms with van der Waals surface area (Å²) in [6, 6.07) is 8.52. The van der Waals surface area contributed by atoms with Gasteiger partial charge < -0.3 is 10.6 Å². The summed E-state index contributed by atoms with van der Waals surface area (Å²) in [6.07, 6.45) is 1.47. The second-order valence-corrected chi connectivity index (χ2v) is 5.73. The Morgan fingerprint density at radius 1 is 1.20 bits per heavy atom. The zero-order chi connectivity index (χ0) is 14.3. The highest BCUT2D eigenvalue weighted by Gasteiger charge is 2.20. The van der Waals surface area contributed by atoms with E-state index in [9.17, 15) is 4.79 Å². The van der Waals surface area contributed by atoms with Gasteiger partial charge in [0.15, 0.2) is 0 Å². The van der Waals surface area contributed by atoms with Crippen LogP contribution >= 0.6 is 12.4 Å². The molecule has 3 nitrogen and oxygen atoms in total. The fourth-order valence-corrected chi connectivity index (χ4v) is 1.94. The van der Waals surface area contributed by atoms with E-state index in [1.54, 1.807) is 0 Å². The first-order chi connectivity index (χ1) is 8.95. The van der Waals surface area contributed by atoms with E-state index in [0.29, 0.717) is 13.0 Å². The van der Waals surface area contributed by atoms with Crippen molar-refractivity contribution in [1.82, 2.24) is 10.6 Å². The summed E-state index contributed by atoms with van der Waals surface area (Å²) in [5.41, 5.74) is 2.48. The van der Waals surface area contributed by atoms with Crippen LogP contribution in [0.4, 0.5) is 0 Å². The van der Waals surface area contributed by atoms with Crippen molar-refractivity contribution in [3.8, 4) is 0 Å². The van der Waals surface area contributed by atoms with Gasteiger partial charge in [-0.15, -0.1) is 12.4 Å². The lowest BCUT2D eigenvalue weighted by Gasteiger charge is -2.26. The first-order valence-corrected chi connectivity index (χ1v) is 6.94. The maximum absolute atomic E-state index is 11.7. The van der Waals surface area contributed by atoms with Gasteiger partial charge in [-0.1, -0.05) is 43.7 Å². The van der Waals surface area contributed by atoms with Crippen molar-refractivity contribution in [3.05, 3.63) is 35.4 Å². The number of hydrogen-bond acceptors (Lipinski definition) is 2. The molecule has 0 aliphatic carbocycles. The van der Waals surface area contributed by atoms with Gasteiger partial charge >= 0.3 is 0 Å². The van der Waals surface area contributed by atoms with E-state index in [2.05, 4.69) is 55.7 Å². The topological polar surface area (TPSA) is 41.1 Å². The molecule has 0 spiro atoms. The van der Waals surface area contributed by atoms with Gasteiger partial charge in [-0.25, -0.2) is 0 Å². The molecule has 1 aromatic rings. The summed E-state index contributed by atoms with van der Waals surface area (Å²) in [7, 11) is 1.90. The molecular formula is C16H27ClN2O. The summed E-state index contributed by atoms with van der Waals surface area (Å²) in [5, 5.41) is 6.07. The molecule has 2 N–H and O–H groups in total. The summed E-state index contributed by atoms with van der Waals surface area (Å²) >= 11 is 0. The van der Waals surface area contributed by atoms with Gasteiger partial charge in [0.05, 0.1) is 0 Å². The summed E-state index contributed by atoms with van der Waals surface area (Å²) in [6.45, 7) is 7.96. The predicted molar refractivity (Wildman–Crippen MR) is 87.6 cm³/mol. The lowest BCUT2D eigenvalue weighted by atomic mass is 9.84. The van der Waals surface area contributed by atoms with Gasteiger partial charge in [-0.3, -0.25) is 4.79 Å². The minimum Gasteiger partial charge on any atom is -0.355 e. The van der Waals surface area contributed by atoms with Crippen LogP contribution in [0.3, 0.4) is 0 Å². The molecule has 0 aliphatic rings. The van der Waals surface area contributed by atoms with Gasteiger partial charge in [-0.2, -0.15) is 0 Å². The largest absolute Gasteiger partial charge is 0.355 e. The maximum Gasteiger partial charge on any atom is 0.220 e. The SMILES string of the molecule is CNCCCC(=O)NCC(C)(C)c1ccc(C)cc1.Cl. The lowest BCUT2D eigenvalue weighted by molar-refractivity contribution is -0.121. The third kappa shape index (κ3) is 6.40. The third-order valence-corrected chi connectivity index (χ3v) is 3.39. The molecule has 0 atom stereocenters. The highest BCUT2D eigenvalue weighted by molar-refractivity contribution is 5.85. The summed E-state index contributed by atoms with van der Waals surface area (Å²) in [5.74, 6) is 0.135. The van der Waals surface area contributed by atoms with Gasteiger partial charge in [-0.05, 0) is 32.5 Å². The zero-order valence-electron chi connectivity index (χ0n) is 13.0. The van der Waals surface area contributed by atoms with Crippen LogP contribution in [0, 0.1) is 6.92 Å². The number of hydrogen-bond donors (Lipinski definition) is 2. The van der Waals surface area contributed by atoms with Crippen molar-refractivity contribution in [2.24, 2.45) is 0 Å². The number of benzene rings is 1. The van der Waals surface area contributed by atoms with E-state index >= 15 is 0 Å². The van der Waals surface area contributed by atoms with Crippen LogP contribution in [0.2, 0.25) is 0 Å². The third-order valence-electron chi connectivity index (χ3n) is 3.39. The molecule has 4 heteroatoms. The summed E-state index contributed by atoms with van der Waals surface area (Å²) in [4.78, 5) is 11.7. The van der Waals surface area contributed by atoms with Crippen molar-refractivity contribution in [2.45, 2.75) is 39.0 Å². The van der Waals surface area contributed by atoms with Crippen LogP contribution in [-0.4, -0.2) is 26.0 Å². The number of carbonyl (C=O) groups is 1. The highest BCUT2D eigenvalue weighted by Crippen LogP contribution is 2.22. The van der Waals surface area contributed by atoms with Crippen molar-refractivity contribution in [2.75, 3.05) is 20.1 Å². The second-order valence-electron chi connectivity index (χ2n) is 5.73. The molecule has 0 unspecified atom stereocenters. The van der Waals surface area contributed by atoms with Gasteiger partial charge in [0.2, 0.25) is 5.91 Å². The maximum atomic E-state index is 11.7. The standard InChI is InChI=1S/C16H26N2O.ClH/c1-13-7-9-14(10-8-13)16(2,3)12-18-15(19)6-5-11-17-4;/h7-10,17H,5-6,11-12H2,1-4H3,(H,18,19);1H. The normalized spacial score (nSPS) is 10.8. The molecule has 0 heterocycles. The van der Waals surface area contributed by atoms with Crippen molar-refractivity contribution < 1.29 is 4.79 Å². The molecular weight excluding hydrogens is 272 g/mol. The average molecular weight is 299 g/mol. The Labute approximate surface area is 128 Å². The number of nitrogens with one attached hydrogen (secondary N) is 2. The van der Waals surface area contributed by atoms with Crippen LogP contribution < -0.4 is 10.6 Å². The van der Waals surface area contributed by atoms with Crippen molar-refractivity contribution in [1.29, 1.82) is 0 Å². The van der Waals surface area contributed by atoms with Crippen LogP contribution in [0.25, 0.3) is 0 Å². The van der Waals surface area contributed by atoms with Crippen molar-refractivity contribution in [3.63, 3.8) is 0 Å². The minimum atomic E-state index is -0.0354. The number of halogens is 1. The Balaban J connectivity index is 0.00000361. The molecule has 0 saturated carbocycles. The second kappa shape index (κ2) is 8.98. The van der Waals surface area contributed by atoms with Crippen molar-refractivity contribution >= 4 is 18.3 Å². The van der Waals surface area contributed by atoms with Crippen LogP contribution in [0.15, 0.2) is 24.3 Å². The van der Waals surface area contributed by atoms with Crippen LogP contribution in [0.1, 0.15) is 37.8 Å². The molecule has 0 bridgehead atoms. The molecule has 114 valence electrons. The first-order valence-electron chi connectivity index (χ1n) is 6.94. The molecule has 0 radical (unpaired) electrons. The Morgan fingerprint density at radius 3 is 2.35 bits per heavy atom. The fourth-order valence-electron chi connectivity index (χ4n) is 1.94. The van der Waals surface area contributed by atoms with E-state index in [1.165, 1.54) is 11.1 Å². The van der Waals surface area contributed by atoms with E-state index in [1.807, 2.05) is 7.05 Å². The molecule has 0 saturated heterocycles. The minimum absolute atomic E-state index is 0. The molecule has 0 aliphatic heterocycles. The smallest absolute Gasteiger partial charge is 0.220 e. The quantitative estimate of drug-likeness (QED) is 0.760. The zero-order valence-corrected chi connectivity index (χ0v) is 13.8. The number of carbonyl (C=O) groups excluding carboxylic acids is 1. The fraction of sp³-hybridized carbons (Fsp3) is 0.562.